The van der Waals surface area contributed by atoms with Gasteiger partial charge in [-0.1, -0.05) is 18.2 Å². The highest BCUT2D eigenvalue weighted by atomic mass is 127. The number of halogens is 1. The highest BCUT2D eigenvalue weighted by Crippen LogP contribution is 2.18. The fourth-order valence-corrected chi connectivity index (χ4v) is 3.03. The summed E-state index contributed by atoms with van der Waals surface area (Å²) in [5.41, 5.74) is 0.939. The average Bonchev–Trinajstić information content (AvgIpc) is 3.32. The highest BCUT2D eigenvalue weighted by molar-refractivity contribution is 14.0. The van der Waals surface area contributed by atoms with Gasteiger partial charge < -0.3 is 24.5 Å². The number of furan rings is 1. The third-order valence-corrected chi connectivity index (χ3v) is 4.50. The minimum absolute atomic E-state index is 0. The molecule has 1 atom stereocenters. The van der Waals surface area contributed by atoms with Crippen LogP contribution in [-0.2, 0) is 15.9 Å². The molecule has 1 aliphatic rings. The Hall–Kier alpha value is -1.32. The van der Waals surface area contributed by atoms with Gasteiger partial charge in [0.25, 0.3) is 0 Å². The molecule has 3 rings (SSSR count). The van der Waals surface area contributed by atoms with Crippen LogP contribution in [0.25, 0.3) is 11.0 Å². The Bertz CT molecular complexity index is 666. The van der Waals surface area contributed by atoms with Crippen LogP contribution in [0.1, 0.15) is 18.6 Å². The number of hydrogen-bond acceptors (Lipinski definition) is 4. The number of hydrogen-bond donors (Lipinski definition) is 2. The molecule has 0 bridgehead atoms. The Labute approximate surface area is 178 Å². The van der Waals surface area contributed by atoms with Gasteiger partial charge in [0.2, 0.25) is 0 Å². The molecule has 1 aromatic heterocycles. The number of ether oxygens (including phenoxy) is 2. The van der Waals surface area contributed by atoms with Crippen LogP contribution in [-0.4, -0.2) is 52.5 Å². The van der Waals surface area contributed by atoms with Gasteiger partial charge in [-0.05, 0) is 25.0 Å². The molecule has 2 aromatic rings. The summed E-state index contributed by atoms with van der Waals surface area (Å²) < 4.78 is 16.9. The molecule has 0 amide bonds. The molecular formula is C20H30IN3O3. The van der Waals surface area contributed by atoms with Gasteiger partial charge in [-0.25, -0.2) is 0 Å². The fraction of sp³-hybridized carbons (Fsp3) is 0.550. The molecule has 0 radical (unpaired) electrons. The Kier molecular flexibility index (Phi) is 9.93. The molecule has 0 spiro atoms. The average molecular weight is 487 g/mol. The SMILES string of the molecule is CN=C(NCCCOCC1CCOC1)NCCc1cc2ccccc2o1.I. The van der Waals surface area contributed by atoms with Crippen molar-refractivity contribution in [2.75, 3.05) is 46.6 Å². The highest BCUT2D eigenvalue weighted by Gasteiger charge is 2.15. The largest absolute Gasteiger partial charge is 0.461 e. The Morgan fingerprint density at radius 1 is 1.26 bits per heavy atom. The Morgan fingerprint density at radius 2 is 2.11 bits per heavy atom. The van der Waals surface area contributed by atoms with Gasteiger partial charge in [-0.2, -0.15) is 0 Å². The van der Waals surface area contributed by atoms with Gasteiger partial charge in [-0.15, -0.1) is 24.0 Å². The maximum absolute atomic E-state index is 5.83. The van der Waals surface area contributed by atoms with Crippen LogP contribution in [0.4, 0.5) is 0 Å². The molecule has 27 heavy (non-hydrogen) atoms. The first-order valence-corrected chi connectivity index (χ1v) is 9.42. The van der Waals surface area contributed by atoms with Gasteiger partial charge in [0.1, 0.15) is 11.3 Å². The quantitative estimate of drug-likeness (QED) is 0.246. The van der Waals surface area contributed by atoms with Crippen LogP contribution in [0.5, 0.6) is 0 Å². The van der Waals surface area contributed by atoms with E-state index in [4.69, 9.17) is 13.9 Å². The minimum Gasteiger partial charge on any atom is -0.461 e. The number of nitrogens with zero attached hydrogens (tertiary/aromatic N) is 1. The number of fused-ring (bicyclic) bond motifs is 1. The van der Waals surface area contributed by atoms with E-state index in [1.807, 2.05) is 18.2 Å². The molecular weight excluding hydrogens is 457 g/mol. The minimum atomic E-state index is 0. The molecule has 1 saturated heterocycles. The normalized spacial score (nSPS) is 17.1. The number of aliphatic imine (C=N–C) groups is 1. The van der Waals surface area contributed by atoms with E-state index in [1.165, 1.54) is 0 Å². The predicted molar refractivity (Wildman–Crippen MR) is 119 cm³/mol. The van der Waals surface area contributed by atoms with Crippen molar-refractivity contribution >= 4 is 40.9 Å². The van der Waals surface area contributed by atoms with E-state index in [1.54, 1.807) is 7.05 Å². The van der Waals surface area contributed by atoms with Crippen LogP contribution in [0.15, 0.2) is 39.7 Å². The molecule has 7 heteroatoms. The first-order valence-electron chi connectivity index (χ1n) is 9.42. The van der Waals surface area contributed by atoms with Gasteiger partial charge >= 0.3 is 0 Å². The van der Waals surface area contributed by atoms with Crippen LogP contribution < -0.4 is 10.6 Å². The molecule has 150 valence electrons. The van der Waals surface area contributed by atoms with E-state index in [9.17, 15) is 0 Å². The monoisotopic (exact) mass is 487 g/mol. The second-order valence-electron chi connectivity index (χ2n) is 6.58. The molecule has 1 unspecified atom stereocenters. The van der Waals surface area contributed by atoms with E-state index >= 15 is 0 Å². The predicted octanol–water partition coefficient (Wildman–Crippen LogP) is 3.20. The Morgan fingerprint density at radius 3 is 2.89 bits per heavy atom. The number of guanidine groups is 1. The summed E-state index contributed by atoms with van der Waals surface area (Å²) in [5.74, 6) is 2.37. The van der Waals surface area contributed by atoms with Crippen LogP contribution in [0.3, 0.4) is 0 Å². The third kappa shape index (κ3) is 7.31. The van der Waals surface area contributed by atoms with E-state index < -0.39 is 0 Å². The van der Waals surface area contributed by atoms with Gasteiger partial charge in [-0.3, -0.25) is 4.99 Å². The van der Waals surface area contributed by atoms with E-state index in [0.29, 0.717) is 5.92 Å². The third-order valence-electron chi connectivity index (χ3n) is 4.50. The zero-order valence-corrected chi connectivity index (χ0v) is 18.2. The summed E-state index contributed by atoms with van der Waals surface area (Å²) in [6.07, 6.45) is 2.90. The van der Waals surface area contributed by atoms with E-state index in [0.717, 1.165) is 81.5 Å². The van der Waals surface area contributed by atoms with Crippen molar-refractivity contribution in [2.45, 2.75) is 19.3 Å². The maximum atomic E-state index is 5.83. The maximum Gasteiger partial charge on any atom is 0.190 e. The number of benzene rings is 1. The Balaban J connectivity index is 0.00000261. The number of para-hydroxylation sites is 1. The zero-order valence-electron chi connectivity index (χ0n) is 15.9. The van der Waals surface area contributed by atoms with Gasteiger partial charge in [0.15, 0.2) is 5.96 Å². The first-order chi connectivity index (χ1) is 12.8. The first kappa shape index (κ1) is 22.0. The molecule has 1 aromatic carbocycles. The summed E-state index contributed by atoms with van der Waals surface area (Å²) in [6.45, 7) is 4.92. The van der Waals surface area contributed by atoms with Crippen molar-refractivity contribution in [1.82, 2.24) is 10.6 Å². The summed E-state index contributed by atoms with van der Waals surface area (Å²) in [4.78, 5) is 4.25. The van der Waals surface area contributed by atoms with Crippen LogP contribution >= 0.6 is 24.0 Å². The van der Waals surface area contributed by atoms with Crippen molar-refractivity contribution in [3.05, 3.63) is 36.1 Å². The number of nitrogens with one attached hydrogen (secondary N) is 2. The molecule has 1 aliphatic heterocycles. The van der Waals surface area contributed by atoms with Gasteiger partial charge in [0.05, 0.1) is 13.2 Å². The lowest BCUT2D eigenvalue weighted by Gasteiger charge is -2.12. The molecule has 0 saturated carbocycles. The second-order valence-corrected chi connectivity index (χ2v) is 6.58. The topological polar surface area (TPSA) is 68.0 Å². The van der Waals surface area contributed by atoms with Crippen LogP contribution in [0, 0.1) is 5.92 Å². The van der Waals surface area contributed by atoms with Crippen molar-refractivity contribution in [3.63, 3.8) is 0 Å². The molecule has 2 N–H and O–H groups in total. The van der Waals surface area contributed by atoms with Crippen molar-refractivity contribution in [2.24, 2.45) is 10.9 Å². The van der Waals surface area contributed by atoms with Gasteiger partial charge in [0, 0.05) is 51.1 Å². The molecule has 0 aliphatic carbocycles. The smallest absolute Gasteiger partial charge is 0.190 e. The zero-order chi connectivity index (χ0) is 18.0. The fourth-order valence-electron chi connectivity index (χ4n) is 3.03. The summed E-state index contributed by atoms with van der Waals surface area (Å²) in [7, 11) is 1.78. The van der Waals surface area contributed by atoms with Crippen molar-refractivity contribution in [1.29, 1.82) is 0 Å². The molecule has 6 nitrogen and oxygen atoms in total. The summed E-state index contributed by atoms with van der Waals surface area (Å²) in [6, 6.07) is 10.2. The number of rotatable bonds is 9. The molecule has 2 heterocycles. The summed E-state index contributed by atoms with van der Waals surface area (Å²) in [5, 5.41) is 7.78. The lowest BCUT2D eigenvalue weighted by Crippen LogP contribution is -2.39. The van der Waals surface area contributed by atoms with Crippen LogP contribution in [0.2, 0.25) is 0 Å². The lowest BCUT2D eigenvalue weighted by molar-refractivity contribution is 0.0888. The van der Waals surface area contributed by atoms with E-state index in [-0.39, 0.29) is 24.0 Å². The van der Waals surface area contributed by atoms with Crippen molar-refractivity contribution in [3.8, 4) is 0 Å². The summed E-state index contributed by atoms with van der Waals surface area (Å²) >= 11 is 0. The van der Waals surface area contributed by atoms with E-state index in [2.05, 4.69) is 27.8 Å². The standard InChI is InChI=1S/C20H29N3O3.HI/c1-21-20(22-9-4-11-24-14-16-8-12-25-15-16)23-10-7-18-13-17-5-2-3-6-19(17)26-18;/h2-3,5-6,13,16H,4,7-12,14-15H2,1H3,(H2,21,22,23);1H. The van der Waals surface area contributed by atoms with Crippen molar-refractivity contribution < 1.29 is 13.9 Å². The molecule has 1 fully saturated rings. The second kappa shape index (κ2) is 12.2. The lowest BCUT2D eigenvalue weighted by atomic mass is 10.1.